The highest BCUT2D eigenvalue weighted by atomic mass is 79.9. The highest BCUT2D eigenvalue weighted by molar-refractivity contribution is 9.12. The molecule has 94 valence electrons. The summed E-state index contributed by atoms with van der Waals surface area (Å²) in [7, 11) is 0. The Labute approximate surface area is 120 Å². The van der Waals surface area contributed by atoms with Gasteiger partial charge in [0, 0.05) is 13.1 Å². The zero-order chi connectivity index (χ0) is 12.8. The molecule has 0 saturated carbocycles. The molecule has 2 atom stereocenters. The van der Waals surface area contributed by atoms with Crippen LogP contribution >= 0.6 is 31.9 Å². The zero-order valence-corrected chi connectivity index (χ0v) is 13.2. The summed E-state index contributed by atoms with van der Waals surface area (Å²) in [6.07, 6.45) is 0. The van der Waals surface area contributed by atoms with E-state index in [0.29, 0.717) is 0 Å². The molecule has 0 aliphatic carbocycles. The molecule has 17 heavy (non-hydrogen) atoms. The molecule has 0 aliphatic heterocycles. The van der Waals surface area contributed by atoms with Crippen LogP contribution in [0.2, 0.25) is 0 Å². The molecule has 4 heteroatoms. The summed E-state index contributed by atoms with van der Waals surface area (Å²) < 4.78 is 0. The van der Waals surface area contributed by atoms with Gasteiger partial charge < -0.3 is 4.90 Å². The van der Waals surface area contributed by atoms with Crippen LogP contribution in [-0.2, 0) is 4.79 Å². The zero-order valence-electron chi connectivity index (χ0n) is 10.1. The molecule has 0 saturated heterocycles. The van der Waals surface area contributed by atoms with Crippen molar-refractivity contribution in [3.8, 4) is 0 Å². The van der Waals surface area contributed by atoms with Gasteiger partial charge in [-0.05, 0) is 19.4 Å². The average Bonchev–Trinajstić information content (AvgIpc) is 2.39. The maximum atomic E-state index is 12.2. The van der Waals surface area contributed by atoms with Crippen molar-refractivity contribution in [2.24, 2.45) is 0 Å². The maximum Gasteiger partial charge on any atom is 0.237 e. The van der Waals surface area contributed by atoms with Gasteiger partial charge in [0.05, 0.1) is 4.83 Å². The first-order chi connectivity index (χ1) is 8.11. The van der Waals surface area contributed by atoms with Crippen LogP contribution in [0, 0.1) is 0 Å². The van der Waals surface area contributed by atoms with Crippen molar-refractivity contribution in [1.29, 1.82) is 0 Å². The molecular weight excluding hydrogens is 346 g/mol. The standard InChI is InChI=1S/C13H17Br2NO/c1-3-16(4-2)13(17)12(15)11(14)10-8-6-5-7-9-10/h5-9,11-12H,3-4H2,1-2H3/t11-,12-/m0/s1. The molecule has 0 radical (unpaired) electrons. The fraction of sp³-hybridized carbons (Fsp3) is 0.462. The fourth-order valence-corrected chi connectivity index (χ4v) is 2.77. The summed E-state index contributed by atoms with van der Waals surface area (Å²) in [4.78, 5) is 13.8. The SMILES string of the molecule is CCN(CC)C(=O)[C@@H](Br)[C@@H](Br)c1ccccc1. The van der Waals surface area contributed by atoms with E-state index in [1.807, 2.05) is 49.1 Å². The second-order valence-electron chi connectivity index (χ2n) is 3.72. The summed E-state index contributed by atoms with van der Waals surface area (Å²) in [6.45, 7) is 5.47. The van der Waals surface area contributed by atoms with Gasteiger partial charge in [0.1, 0.15) is 4.83 Å². The Morgan fingerprint density at radius 2 is 1.71 bits per heavy atom. The van der Waals surface area contributed by atoms with E-state index in [9.17, 15) is 4.79 Å². The van der Waals surface area contributed by atoms with Crippen molar-refractivity contribution >= 4 is 37.8 Å². The first-order valence-electron chi connectivity index (χ1n) is 5.73. The largest absolute Gasteiger partial charge is 0.342 e. The van der Waals surface area contributed by atoms with Crippen molar-refractivity contribution in [2.45, 2.75) is 23.5 Å². The van der Waals surface area contributed by atoms with E-state index in [1.54, 1.807) is 0 Å². The number of amides is 1. The van der Waals surface area contributed by atoms with Crippen LogP contribution in [0.3, 0.4) is 0 Å². The van der Waals surface area contributed by atoms with Gasteiger partial charge in [-0.2, -0.15) is 0 Å². The lowest BCUT2D eigenvalue weighted by atomic mass is 10.1. The molecule has 2 nitrogen and oxygen atoms in total. The number of hydrogen-bond donors (Lipinski definition) is 0. The third kappa shape index (κ3) is 3.81. The second kappa shape index (κ2) is 7.17. The number of halogens is 2. The summed E-state index contributed by atoms with van der Waals surface area (Å²) in [5.74, 6) is 0.126. The summed E-state index contributed by atoms with van der Waals surface area (Å²) >= 11 is 7.07. The van der Waals surface area contributed by atoms with Gasteiger partial charge in [0.25, 0.3) is 0 Å². The Hall–Kier alpha value is -0.350. The number of alkyl halides is 2. The van der Waals surface area contributed by atoms with E-state index in [-0.39, 0.29) is 15.6 Å². The van der Waals surface area contributed by atoms with Gasteiger partial charge in [-0.3, -0.25) is 4.79 Å². The Balaban J connectivity index is 2.76. The molecule has 0 bridgehead atoms. The number of rotatable bonds is 5. The lowest BCUT2D eigenvalue weighted by Crippen LogP contribution is -2.37. The highest BCUT2D eigenvalue weighted by Gasteiger charge is 2.27. The fourth-order valence-electron chi connectivity index (χ4n) is 1.64. The van der Waals surface area contributed by atoms with Crippen LogP contribution in [0.25, 0.3) is 0 Å². The van der Waals surface area contributed by atoms with Crippen molar-refractivity contribution in [3.05, 3.63) is 35.9 Å². The Morgan fingerprint density at radius 1 is 1.18 bits per heavy atom. The second-order valence-corrected chi connectivity index (χ2v) is 5.70. The minimum atomic E-state index is -0.232. The minimum Gasteiger partial charge on any atom is -0.342 e. The number of hydrogen-bond acceptors (Lipinski definition) is 1. The van der Waals surface area contributed by atoms with Crippen molar-refractivity contribution in [2.75, 3.05) is 13.1 Å². The molecule has 0 aliphatic rings. The van der Waals surface area contributed by atoms with Crippen LogP contribution in [0.15, 0.2) is 30.3 Å². The predicted octanol–water partition coefficient (Wildman–Crippen LogP) is 3.75. The molecule has 0 spiro atoms. The molecular formula is C13H17Br2NO. The smallest absolute Gasteiger partial charge is 0.237 e. The van der Waals surface area contributed by atoms with E-state index < -0.39 is 0 Å². The molecule has 1 rings (SSSR count). The topological polar surface area (TPSA) is 20.3 Å². The average molecular weight is 363 g/mol. The molecule has 0 N–H and O–H groups in total. The monoisotopic (exact) mass is 361 g/mol. The quantitative estimate of drug-likeness (QED) is 0.730. The normalized spacial score (nSPS) is 14.1. The Kier molecular flexibility index (Phi) is 6.20. The van der Waals surface area contributed by atoms with Gasteiger partial charge in [-0.15, -0.1) is 0 Å². The van der Waals surface area contributed by atoms with Gasteiger partial charge in [0.15, 0.2) is 0 Å². The molecule has 1 aromatic rings. The van der Waals surface area contributed by atoms with Crippen LogP contribution in [0.5, 0.6) is 0 Å². The summed E-state index contributed by atoms with van der Waals surface area (Å²) in [6, 6.07) is 9.96. The molecule has 0 unspecified atom stereocenters. The molecule has 1 amide bonds. The van der Waals surface area contributed by atoms with Crippen LogP contribution in [0.1, 0.15) is 24.2 Å². The Bertz CT molecular complexity index is 352. The molecule has 0 aromatic heterocycles. The molecule has 0 fully saturated rings. The van der Waals surface area contributed by atoms with Gasteiger partial charge in [0.2, 0.25) is 5.91 Å². The first-order valence-corrected chi connectivity index (χ1v) is 7.56. The van der Waals surface area contributed by atoms with E-state index in [4.69, 9.17) is 0 Å². The van der Waals surface area contributed by atoms with Crippen molar-refractivity contribution < 1.29 is 4.79 Å². The third-order valence-electron chi connectivity index (χ3n) is 2.69. The van der Waals surface area contributed by atoms with Crippen LogP contribution in [0.4, 0.5) is 0 Å². The van der Waals surface area contributed by atoms with Crippen molar-refractivity contribution in [1.82, 2.24) is 4.90 Å². The van der Waals surface area contributed by atoms with Gasteiger partial charge in [-0.1, -0.05) is 62.2 Å². The minimum absolute atomic E-state index is 0.00296. The number of carbonyl (C=O) groups is 1. The highest BCUT2D eigenvalue weighted by Crippen LogP contribution is 2.32. The van der Waals surface area contributed by atoms with E-state index >= 15 is 0 Å². The van der Waals surface area contributed by atoms with E-state index in [0.717, 1.165) is 18.7 Å². The molecule has 1 aromatic carbocycles. The van der Waals surface area contributed by atoms with E-state index in [1.165, 1.54) is 0 Å². The molecule has 0 heterocycles. The number of benzene rings is 1. The third-order valence-corrected chi connectivity index (χ3v) is 5.37. The van der Waals surface area contributed by atoms with Gasteiger partial charge in [-0.25, -0.2) is 0 Å². The first kappa shape index (κ1) is 14.7. The lowest BCUT2D eigenvalue weighted by molar-refractivity contribution is -0.130. The van der Waals surface area contributed by atoms with Crippen LogP contribution in [-0.4, -0.2) is 28.7 Å². The summed E-state index contributed by atoms with van der Waals surface area (Å²) in [5.41, 5.74) is 1.11. The lowest BCUT2D eigenvalue weighted by Gasteiger charge is -2.24. The predicted molar refractivity (Wildman–Crippen MR) is 78.8 cm³/mol. The number of nitrogens with zero attached hydrogens (tertiary/aromatic N) is 1. The van der Waals surface area contributed by atoms with Gasteiger partial charge >= 0.3 is 0 Å². The summed E-state index contributed by atoms with van der Waals surface area (Å²) in [5, 5.41) is 0. The van der Waals surface area contributed by atoms with Crippen LogP contribution < -0.4 is 0 Å². The Morgan fingerprint density at radius 3 is 2.18 bits per heavy atom. The number of carbonyl (C=O) groups excluding carboxylic acids is 1. The van der Waals surface area contributed by atoms with E-state index in [2.05, 4.69) is 31.9 Å². The maximum absolute atomic E-state index is 12.2. The van der Waals surface area contributed by atoms with Crippen molar-refractivity contribution in [3.63, 3.8) is 0 Å².